The minimum absolute atomic E-state index is 0.169. The molecule has 7 nitrogen and oxygen atoms in total. The van der Waals surface area contributed by atoms with Crippen LogP contribution in [0.4, 0.5) is 10.5 Å². The molecule has 0 heterocycles. The summed E-state index contributed by atoms with van der Waals surface area (Å²) in [4.78, 5) is 38.2. The Hall–Kier alpha value is -3.09. The molecule has 0 bridgehead atoms. The van der Waals surface area contributed by atoms with E-state index in [0.29, 0.717) is 5.92 Å². The van der Waals surface area contributed by atoms with Crippen LogP contribution in [0.25, 0.3) is 10.8 Å². The molecule has 0 saturated heterocycles. The lowest BCUT2D eigenvalue weighted by molar-refractivity contribution is -0.146. The van der Waals surface area contributed by atoms with Crippen LogP contribution in [0.15, 0.2) is 36.4 Å². The first-order valence-electron chi connectivity index (χ1n) is 11.5. The Morgan fingerprint density at radius 1 is 0.970 bits per heavy atom. The van der Waals surface area contributed by atoms with E-state index in [1.165, 1.54) is 0 Å². The number of rotatable bonds is 5. The molecule has 0 unspecified atom stereocenters. The average Bonchev–Trinajstić information content (AvgIpc) is 2.72. The second-order valence-electron chi connectivity index (χ2n) is 10.3. The van der Waals surface area contributed by atoms with Crippen LogP contribution in [-0.2, 0) is 9.53 Å². The number of hydrogen-bond donors (Lipinski definition) is 3. The van der Waals surface area contributed by atoms with Crippen LogP contribution in [0.2, 0.25) is 0 Å². The van der Waals surface area contributed by atoms with Gasteiger partial charge in [-0.3, -0.25) is 10.1 Å². The van der Waals surface area contributed by atoms with Crippen molar-refractivity contribution in [3.05, 3.63) is 42.0 Å². The summed E-state index contributed by atoms with van der Waals surface area (Å²) in [6.45, 7) is 9.00. The summed E-state index contributed by atoms with van der Waals surface area (Å²) in [6.07, 6.45) is 2.67. The molecule has 1 aliphatic carbocycles. The molecular formula is C26H34N2O5. The third kappa shape index (κ3) is 5.83. The minimum atomic E-state index is -1.41. The topological polar surface area (TPSA) is 105 Å². The smallest absolute Gasteiger partial charge is 0.412 e. The first-order valence-corrected chi connectivity index (χ1v) is 11.5. The van der Waals surface area contributed by atoms with Gasteiger partial charge < -0.3 is 15.2 Å². The van der Waals surface area contributed by atoms with Crippen LogP contribution in [0.5, 0.6) is 0 Å². The number of nitrogens with one attached hydrogen (secondary N) is 2. The molecule has 0 aromatic heterocycles. The van der Waals surface area contributed by atoms with Crippen LogP contribution >= 0.6 is 0 Å². The predicted octanol–water partition coefficient (Wildman–Crippen LogP) is 5.59. The molecular weight excluding hydrogens is 420 g/mol. The molecule has 7 heteroatoms. The third-order valence-corrected chi connectivity index (χ3v) is 6.42. The average molecular weight is 455 g/mol. The normalized spacial score (nSPS) is 20.5. The van der Waals surface area contributed by atoms with Gasteiger partial charge in [-0.05, 0) is 75.3 Å². The SMILES string of the molecule is CC1CCC([C@](C)(NC(=O)c2cc3ccccc3cc2NC(=O)OC(C)(C)C)C(=O)O)CC1. The van der Waals surface area contributed by atoms with Gasteiger partial charge in [0.2, 0.25) is 0 Å². The van der Waals surface area contributed by atoms with E-state index in [9.17, 15) is 19.5 Å². The lowest BCUT2D eigenvalue weighted by Crippen LogP contribution is -2.58. The van der Waals surface area contributed by atoms with Crippen molar-refractivity contribution in [3.63, 3.8) is 0 Å². The number of benzene rings is 2. The van der Waals surface area contributed by atoms with E-state index in [0.717, 1.165) is 36.5 Å². The second-order valence-corrected chi connectivity index (χ2v) is 10.3. The molecule has 0 aliphatic heterocycles. The zero-order chi connectivity index (χ0) is 24.4. The first kappa shape index (κ1) is 24.6. The maximum atomic E-state index is 13.4. The molecule has 1 saturated carbocycles. The summed E-state index contributed by atoms with van der Waals surface area (Å²) < 4.78 is 5.36. The van der Waals surface area contributed by atoms with Crippen molar-refractivity contribution >= 4 is 34.4 Å². The molecule has 0 spiro atoms. The van der Waals surface area contributed by atoms with Crippen molar-refractivity contribution in [3.8, 4) is 0 Å². The number of amides is 2. The Bertz CT molecular complexity index is 1050. The fraction of sp³-hybridized carbons (Fsp3) is 0.500. The minimum Gasteiger partial charge on any atom is -0.480 e. The van der Waals surface area contributed by atoms with Crippen molar-refractivity contribution in [2.45, 2.75) is 71.4 Å². The summed E-state index contributed by atoms with van der Waals surface area (Å²) in [5.74, 6) is -1.22. The van der Waals surface area contributed by atoms with E-state index in [2.05, 4.69) is 17.6 Å². The van der Waals surface area contributed by atoms with Crippen molar-refractivity contribution in [1.82, 2.24) is 5.32 Å². The van der Waals surface area contributed by atoms with Gasteiger partial charge in [0.25, 0.3) is 5.91 Å². The summed E-state index contributed by atoms with van der Waals surface area (Å²) in [7, 11) is 0. The fourth-order valence-corrected chi connectivity index (χ4v) is 4.42. The summed E-state index contributed by atoms with van der Waals surface area (Å²) >= 11 is 0. The molecule has 2 aromatic rings. The molecule has 3 rings (SSSR count). The standard InChI is InChI=1S/C26H34N2O5/c1-16-10-12-19(13-11-16)26(5,23(30)31)28-22(29)20-14-17-8-6-7-9-18(17)15-21(20)27-24(32)33-25(2,3)4/h6-9,14-16,19H,10-13H2,1-5H3,(H,27,32)(H,28,29)(H,30,31)/t16?,19?,26-/m0/s1. The molecule has 2 amide bonds. The largest absolute Gasteiger partial charge is 0.480 e. The highest BCUT2D eigenvalue weighted by atomic mass is 16.6. The summed E-state index contributed by atoms with van der Waals surface area (Å²) in [5.41, 5.74) is -1.66. The highest BCUT2D eigenvalue weighted by Gasteiger charge is 2.44. The van der Waals surface area contributed by atoms with Crippen LogP contribution in [0.3, 0.4) is 0 Å². The molecule has 1 aliphatic rings. The van der Waals surface area contributed by atoms with Crippen molar-refractivity contribution < 1.29 is 24.2 Å². The highest BCUT2D eigenvalue weighted by Crippen LogP contribution is 2.36. The Morgan fingerprint density at radius 3 is 2.09 bits per heavy atom. The number of carboxylic acid groups (broad SMARTS) is 1. The second kappa shape index (κ2) is 9.41. The molecule has 1 atom stereocenters. The quantitative estimate of drug-likeness (QED) is 0.546. The van der Waals surface area contributed by atoms with Gasteiger partial charge in [0.15, 0.2) is 0 Å². The summed E-state index contributed by atoms with van der Waals surface area (Å²) in [5, 5.41) is 17.2. The maximum absolute atomic E-state index is 13.4. The van der Waals surface area contributed by atoms with Crippen molar-refractivity contribution in [2.24, 2.45) is 11.8 Å². The monoisotopic (exact) mass is 454 g/mol. The Balaban J connectivity index is 1.95. The van der Waals surface area contributed by atoms with Gasteiger partial charge in [0, 0.05) is 0 Å². The Morgan fingerprint density at radius 2 is 1.55 bits per heavy atom. The molecule has 3 N–H and O–H groups in total. The predicted molar refractivity (Wildman–Crippen MR) is 128 cm³/mol. The van der Waals surface area contributed by atoms with Gasteiger partial charge in [-0.25, -0.2) is 9.59 Å². The number of aliphatic carboxylic acids is 1. The van der Waals surface area contributed by atoms with E-state index >= 15 is 0 Å². The molecule has 2 aromatic carbocycles. The Labute approximate surface area is 194 Å². The van der Waals surface area contributed by atoms with Gasteiger partial charge in [0.1, 0.15) is 11.1 Å². The number of anilines is 1. The van der Waals surface area contributed by atoms with Crippen LogP contribution in [0, 0.1) is 11.8 Å². The van der Waals surface area contributed by atoms with Crippen LogP contribution < -0.4 is 10.6 Å². The summed E-state index contributed by atoms with van der Waals surface area (Å²) in [6, 6.07) is 10.8. The number of fused-ring (bicyclic) bond motifs is 1. The zero-order valence-corrected chi connectivity index (χ0v) is 20.0. The number of hydrogen-bond acceptors (Lipinski definition) is 4. The van der Waals surface area contributed by atoms with Crippen LogP contribution in [0.1, 0.15) is 70.7 Å². The van der Waals surface area contributed by atoms with E-state index in [1.807, 2.05) is 24.3 Å². The molecule has 178 valence electrons. The van der Waals surface area contributed by atoms with E-state index in [4.69, 9.17) is 4.74 Å². The zero-order valence-electron chi connectivity index (χ0n) is 20.0. The van der Waals surface area contributed by atoms with E-state index in [1.54, 1.807) is 39.8 Å². The number of carbonyl (C=O) groups excluding carboxylic acids is 2. The van der Waals surface area contributed by atoms with Gasteiger partial charge in [0.05, 0.1) is 11.3 Å². The molecule has 33 heavy (non-hydrogen) atoms. The first-order chi connectivity index (χ1) is 15.4. The lowest BCUT2D eigenvalue weighted by atomic mass is 9.72. The van der Waals surface area contributed by atoms with Gasteiger partial charge in [-0.2, -0.15) is 0 Å². The van der Waals surface area contributed by atoms with Crippen molar-refractivity contribution in [1.29, 1.82) is 0 Å². The number of ether oxygens (including phenoxy) is 1. The van der Waals surface area contributed by atoms with Gasteiger partial charge >= 0.3 is 12.1 Å². The van der Waals surface area contributed by atoms with Gasteiger partial charge in [-0.1, -0.05) is 44.0 Å². The fourth-order valence-electron chi connectivity index (χ4n) is 4.42. The third-order valence-electron chi connectivity index (χ3n) is 6.42. The molecule has 0 radical (unpaired) electrons. The Kier molecular flexibility index (Phi) is 7.00. The van der Waals surface area contributed by atoms with E-state index < -0.39 is 29.1 Å². The lowest BCUT2D eigenvalue weighted by Gasteiger charge is -2.38. The number of carboxylic acids is 1. The maximum Gasteiger partial charge on any atom is 0.412 e. The number of carbonyl (C=O) groups is 3. The van der Waals surface area contributed by atoms with E-state index in [-0.39, 0.29) is 17.2 Å². The molecule has 1 fully saturated rings. The van der Waals surface area contributed by atoms with Crippen LogP contribution in [-0.4, -0.2) is 34.2 Å². The van der Waals surface area contributed by atoms with Crippen molar-refractivity contribution in [2.75, 3.05) is 5.32 Å². The van der Waals surface area contributed by atoms with Gasteiger partial charge in [-0.15, -0.1) is 0 Å². The highest BCUT2D eigenvalue weighted by molar-refractivity contribution is 6.08.